The first-order valence-electron chi connectivity index (χ1n) is 5.94. The molecule has 4 nitrogen and oxygen atoms in total. The molecule has 5 heteroatoms. The number of hydrogen-bond acceptors (Lipinski definition) is 2. The lowest BCUT2D eigenvalue weighted by molar-refractivity contribution is -0.128. The predicted octanol–water partition coefficient (Wildman–Crippen LogP) is 2.70. The van der Waals surface area contributed by atoms with Crippen LogP contribution in [0.3, 0.4) is 0 Å². The monoisotopic (exact) mass is 280 g/mol. The topological polar surface area (TPSA) is 49.4 Å². The molecule has 0 spiro atoms. The Morgan fingerprint density at radius 1 is 1.47 bits per heavy atom. The van der Waals surface area contributed by atoms with Crippen LogP contribution in [0.2, 0.25) is 5.02 Å². The van der Waals surface area contributed by atoms with Gasteiger partial charge in [0.25, 0.3) is 0 Å². The number of nitrogens with one attached hydrogen (secondary N) is 1. The summed E-state index contributed by atoms with van der Waals surface area (Å²) in [5, 5.41) is 3.30. The quantitative estimate of drug-likeness (QED) is 0.815. The van der Waals surface area contributed by atoms with Crippen molar-refractivity contribution in [3.8, 4) is 0 Å². The minimum absolute atomic E-state index is 0.0737. The molecule has 0 aliphatic heterocycles. The van der Waals surface area contributed by atoms with E-state index in [-0.39, 0.29) is 18.2 Å². The van der Waals surface area contributed by atoms with Crippen LogP contribution in [0.15, 0.2) is 36.9 Å². The average Bonchev–Trinajstić information content (AvgIpc) is 2.34. The third-order valence-corrected chi connectivity index (χ3v) is 2.75. The minimum atomic E-state index is -0.155. The van der Waals surface area contributed by atoms with Crippen LogP contribution in [0, 0.1) is 0 Å². The van der Waals surface area contributed by atoms with Crippen LogP contribution < -0.4 is 5.32 Å². The van der Waals surface area contributed by atoms with Crippen molar-refractivity contribution >= 4 is 29.1 Å². The maximum absolute atomic E-state index is 11.7. The van der Waals surface area contributed by atoms with E-state index in [1.165, 1.54) is 6.92 Å². The van der Waals surface area contributed by atoms with Gasteiger partial charge in [0.15, 0.2) is 0 Å². The molecular formula is C14H17ClN2O2. The van der Waals surface area contributed by atoms with Crippen molar-refractivity contribution < 1.29 is 9.59 Å². The second-order valence-electron chi connectivity index (χ2n) is 4.06. The van der Waals surface area contributed by atoms with Gasteiger partial charge in [-0.25, -0.2) is 0 Å². The molecule has 0 bridgehead atoms. The Bertz CT molecular complexity index is 474. The van der Waals surface area contributed by atoms with E-state index in [0.717, 1.165) is 0 Å². The zero-order valence-electron chi connectivity index (χ0n) is 10.9. The second-order valence-corrected chi connectivity index (χ2v) is 4.50. The molecule has 0 radical (unpaired) electrons. The summed E-state index contributed by atoms with van der Waals surface area (Å²) in [4.78, 5) is 24.6. The van der Waals surface area contributed by atoms with E-state index in [1.807, 2.05) is 0 Å². The van der Waals surface area contributed by atoms with E-state index in [9.17, 15) is 9.59 Å². The van der Waals surface area contributed by atoms with Crippen LogP contribution in [0.4, 0.5) is 5.69 Å². The number of anilines is 1. The molecule has 1 N–H and O–H groups in total. The summed E-state index contributed by atoms with van der Waals surface area (Å²) in [5.74, 6) is -0.229. The molecule has 0 aliphatic rings. The summed E-state index contributed by atoms with van der Waals surface area (Å²) in [6, 6.07) is 6.93. The van der Waals surface area contributed by atoms with Gasteiger partial charge in [-0.3, -0.25) is 9.59 Å². The Morgan fingerprint density at radius 3 is 2.79 bits per heavy atom. The predicted molar refractivity (Wildman–Crippen MR) is 77.1 cm³/mol. The Balaban J connectivity index is 2.47. The highest BCUT2D eigenvalue weighted by Crippen LogP contribution is 2.14. The molecule has 0 aromatic heterocycles. The summed E-state index contributed by atoms with van der Waals surface area (Å²) in [6.45, 7) is 5.86. The average molecular weight is 281 g/mol. The van der Waals surface area contributed by atoms with E-state index in [1.54, 1.807) is 35.2 Å². The fourth-order valence-electron chi connectivity index (χ4n) is 1.56. The van der Waals surface area contributed by atoms with Crippen LogP contribution >= 0.6 is 11.6 Å². The maximum Gasteiger partial charge on any atom is 0.226 e. The van der Waals surface area contributed by atoms with E-state index in [2.05, 4.69) is 11.9 Å². The van der Waals surface area contributed by atoms with Gasteiger partial charge in [-0.15, -0.1) is 6.58 Å². The number of amides is 2. The lowest BCUT2D eigenvalue weighted by Gasteiger charge is -2.18. The summed E-state index contributed by atoms with van der Waals surface area (Å²) in [5.41, 5.74) is 0.649. The molecule has 102 valence electrons. The first kappa shape index (κ1) is 15.2. The number of hydrogen-bond donors (Lipinski definition) is 1. The Labute approximate surface area is 118 Å². The van der Waals surface area contributed by atoms with Gasteiger partial charge < -0.3 is 10.2 Å². The second kappa shape index (κ2) is 7.59. The fourth-order valence-corrected chi connectivity index (χ4v) is 1.75. The summed E-state index contributed by atoms with van der Waals surface area (Å²) < 4.78 is 0. The number of carbonyl (C=O) groups is 2. The first-order valence-corrected chi connectivity index (χ1v) is 6.32. The van der Waals surface area contributed by atoms with E-state index in [4.69, 9.17) is 11.6 Å². The van der Waals surface area contributed by atoms with Crippen molar-refractivity contribution in [2.24, 2.45) is 0 Å². The highest BCUT2D eigenvalue weighted by molar-refractivity contribution is 6.30. The smallest absolute Gasteiger partial charge is 0.226 e. The van der Waals surface area contributed by atoms with Gasteiger partial charge in [0.1, 0.15) is 0 Å². The van der Waals surface area contributed by atoms with Gasteiger partial charge in [-0.1, -0.05) is 23.7 Å². The molecule has 1 aromatic carbocycles. The lowest BCUT2D eigenvalue weighted by Crippen LogP contribution is -2.32. The lowest BCUT2D eigenvalue weighted by atomic mass is 10.3. The zero-order chi connectivity index (χ0) is 14.3. The summed E-state index contributed by atoms with van der Waals surface area (Å²) >= 11 is 5.82. The van der Waals surface area contributed by atoms with E-state index in [0.29, 0.717) is 23.8 Å². The third-order valence-electron chi connectivity index (χ3n) is 2.51. The molecule has 0 unspecified atom stereocenters. The number of rotatable bonds is 6. The maximum atomic E-state index is 11.7. The van der Waals surface area contributed by atoms with Crippen LogP contribution in [0.1, 0.15) is 13.3 Å². The normalized spacial score (nSPS) is 9.79. The van der Waals surface area contributed by atoms with Crippen LogP contribution in [-0.2, 0) is 9.59 Å². The van der Waals surface area contributed by atoms with Crippen LogP contribution in [0.25, 0.3) is 0 Å². The van der Waals surface area contributed by atoms with E-state index < -0.39 is 0 Å². The van der Waals surface area contributed by atoms with Crippen molar-refractivity contribution in [3.63, 3.8) is 0 Å². The summed E-state index contributed by atoms with van der Waals surface area (Å²) in [6.07, 6.45) is 1.87. The van der Waals surface area contributed by atoms with Gasteiger partial charge in [-0.05, 0) is 18.2 Å². The third kappa shape index (κ3) is 5.57. The molecule has 19 heavy (non-hydrogen) atoms. The van der Waals surface area contributed by atoms with Gasteiger partial charge in [0.05, 0.1) is 0 Å². The number of halogens is 1. The minimum Gasteiger partial charge on any atom is -0.339 e. The molecule has 1 aromatic rings. The molecule has 0 atom stereocenters. The van der Waals surface area contributed by atoms with Crippen molar-refractivity contribution in [2.45, 2.75) is 13.3 Å². The number of nitrogens with zero attached hydrogens (tertiary/aromatic N) is 1. The molecule has 0 saturated heterocycles. The molecule has 2 amide bonds. The number of benzene rings is 1. The Hall–Kier alpha value is -1.81. The molecule has 0 saturated carbocycles. The Morgan fingerprint density at radius 2 is 2.21 bits per heavy atom. The standard InChI is InChI=1S/C14H17ClN2O2/c1-3-8-17(11(2)18)9-7-14(19)16-13-6-4-5-12(15)10-13/h3-6,10H,1,7-9H2,2H3,(H,16,19). The first-order chi connectivity index (χ1) is 9.02. The van der Waals surface area contributed by atoms with Gasteiger partial charge in [0.2, 0.25) is 11.8 Å². The molecule has 1 rings (SSSR count). The highest BCUT2D eigenvalue weighted by atomic mass is 35.5. The fraction of sp³-hybridized carbons (Fsp3) is 0.286. The molecular weight excluding hydrogens is 264 g/mol. The van der Waals surface area contributed by atoms with Crippen LogP contribution in [0.5, 0.6) is 0 Å². The van der Waals surface area contributed by atoms with Crippen molar-refractivity contribution in [3.05, 3.63) is 41.9 Å². The number of carbonyl (C=O) groups excluding carboxylic acids is 2. The van der Waals surface area contributed by atoms with E-state index >= 15 is 0 Å². The van der Waals surface area contributed by atoms with Gasteiger partial charge >= 0.3 is 0 Å². The Kier molecular flexibility index (Phi) is 6.09. The molecule has 0 aliphatic carbocycles. The van der Waals surface area contributed by atoms with Gasteiger partial charge in [-0.2, -0.15) is 0 Å². The SMILES string of the molecule is C=CCN(CCC(=O)Nc1cccc(Cl)c1)C(C)=O. The van der Waals surface area contributed by atoms with Gasteiger partial charge in [0, 0.05) is 37.1 Å². The largest absolute Gasteiger partial charge is 0.339 e. The zero-order valence-corrected chi connectivity index (χ0v) is 11.6. The molecule has 0 fully saturated rings. The van der Waals surface area contributed by atoms with Crippen molar-refractivity contribution in [1.29, 1.82) is 0 Å². The highest BCUT2D eigenvalue weighted by Gasteiger charge is 2.09. The van der Waals surface area contributed by atoms with Crippen LogP contribution in [-0.4, -0.2) is 29.8 Å². The summed E-state index contributed by atoms with van der Waals surface area (Å²) in [7, 11) is 0. The van der Waals surface area contributed by atoms with Crippen molar-refractivity contribution in [1.82, 2.24) is 4.90 Å². The van der Waals surface area contributed by atoms with Crippen molar-refractivity contribution in [2.75, 3.05) is 18.4 Å². The molecule has 0 heterocycles.